The van der Waals surface area contributed by atoms with Crippen LogP contribution in [0.5, 0.6) is 5.75 Å². The molecule has 5 rings (SSSR count). The average Bonchev–Trinajstić information content (AvgIpc) is 3.27. The number of nitrogens with zero attached hydrogens (tertiary/aromatic N) is 3. The third-order valence-corrected chi connectivity index (χ3v) is 7.18. The summed E-state index contributed by atoms with van der Waals surface area (Å²) in [5.74, 6) is 0.730. The summed E-state index contributed by atoms with van der Waals surface area (Å²) in [5, 5.41) is 4.07. The highest BCUT2D eigenvalue weighted by Gasteiger charge is 2.27. The number of hydrogen-bond acceptors (Lipinski definition) is 7. The van der Waals surface area contributed by atoms with Crippen LogP contribution in [0.25, 0.3) is 10.2 Å². The number of carbonyl (C=O) groups excluding carboxylic acids is 2. The highest BCUT2D eigenvalue weighted by Crippen LogP contribution is 2.33. The smallest absolute Gasteiger partial charge is 0.410 e. The third-order valence-electron chi connectivity index (χ3n) is 6.11. The van der Waals surface area contributed by atoms with Gasteiger partial charge in [-0.15, -0.1) is 0 Å². The van der Waals surface area contributed by atoms with E-state index in [0.29, 0.717) is 38.3 Å². The lowest BCUT2D eigenvalue weighted by molar-refractivity contribution is 0.0240. The molecule has 2 amide bonds. The van der Waals surface area contributed by atoms with Crippen molar-refractivity contribution in [1.82, 2.24) is 15.2 Å². The van der Waals surface area contributed by atoms with Gasteiger partial charge in [0.05, 0.1) is 22.9 Å². The first-order valence-electron chi connectivity index (χ1n) is 11.9. The number of benzene rings is 2. The molecular formula is C26H30N4O4S. The van der Waals surface area contributed by atoms with Crippen molar-refractivity contribution in [2.45, 2.75) is 38.8 Å². The van der Waals surface area contributed by atoms with E-state index >= 15 is 0 Å². The minimum atomic E-state index is -0.501. The number of anilines is 1. The van der Waals surface area contributed by atoms with E-state index in [-0.39, 0.29) is 18.0 Å². The van der Waals surface area contributed by atoms with Gasteiger partial charge in [0, 0.05) is 43.7 Å². The lowest BCUT2D eigenvalue weighted by Crippen LogP contribution is -2.50. The number of piperazine rings is 1. The average molecular weight is 495 g/mol. The van der Waals surface area contributed by atoms with Gasteiger partial charge in [-0.3, -0.25) is 4.79 Å². The molecule has 1 unspecified atom stereocenters. The molecule has 2 aromatic carbocycles. The Kier molecular flexibility index (Phi) is 6.27. The molecule has 8 nitrogen and oxygen atoms in total. The maximum absolute atomic E-state index is 13.0. The number of fused-ring (bicyclic) bond motifs is 2. The summed E-state index contributed by atoms with van der Waals surface area (Å²) in [7, 11) is 0. The highest BCUT2D eigenvalue weighted by atomic mass is 32.1. The third kappa shape index (κ3) is 5.19. The molecule has 1 aromatic heterocycles. The van der Waals surface area contributed by atoms with Crippen LogP contribution in [0.2, 0.25) is 0 Å². The quantitative estimate of drug-likeness (QED) is 0.573. The molecule has 0 spiro atoms. The Bertz CT molecular complexity index is 1240. The first-order chi connectivity index (χ1) is 16.8. The number of thiazole rings is 1. The molecule has 1 fully saturated rings. The summed E-state index contributed by atoms with van der Waals surface area (Å²) in [6.45, 7) is 8.76. The molecule has 0 radical (unpaired) electrons. The van der Waals surface area contributed by atoms with Crippen LogP contribution >= 0.6 is 11.3 Å². The number of amides is 2. The van der Waals surface area contributed by atoms with Crippen molar-refractivity contribution < 1.29 is 19.1 Å². The van der Waals surface area contributed by atoms with Crippen LogP contribution in [0.1, 0.15) is 49.2 Å². The predicted octanol–water partition coefficient (Wildman–Crippen LogP) is 4.61. The second-order valence-corrected chi connectivity index (χ2v) is 10.8. The van der Waals surface area contributed by atoms with Crippen molar-refractivity contribution in [2.75, 3.05) is 37.7 Å². The van der Waals surface area contributed by atoms with E-state index in [4.69, 9.17) is 14.5 Å². The number of para-hydroxylation sites is 1. The number of hydrogen-bond donors (Lipinski definition) is 1. The molecule has 1 saturated heterocycles. The van der Waals surface area contributed by atoms with Crippen molar-refractivity contribution in [3.8, 4) is 5.75 Å². The molecule has 2 aliphatic rings. The molecule has 3 heterocycles. The lowest BCUT2D eigenvalue weighted by atomic mass is 10.00. The molecule has 2 aliphatic heterocycles. The molecule has 3 aromatic rings. The van der Waals surface area contributed by atoms with Crippen molar-refractivity contribution in [1.29, 1.82) is 0 Å². The number of carbonyl (C=O) groups is 2. The summed E-state index contributed by atoms with van der Waals surface area (Å²) in [4.78, 5) is 34.1. The second-order valence-electron chi connectivity index (χ2n) is 9.83. The minimum Gasteiger partial charge on any atom is -0.493 e. The molecule has 0 bridgehead atoms. The monoisotopic (exact) mass is 494 g/mol. The summed E-state index contributed by atoms with van der Waals surface area (Å²) in [6, 6.07) is 13.4. The van der Waals surface area contributed by atoms with Gasteiger partial charge in [-0.1, -0.05) is 29.5 Å². The van der Waals surface area contributed by atoms with Crippen LogP contribution in [0.15, 0.2) is 42.5 Å². The van der Waals surface area contributed by atoms with Crippen LogP contribution in [-0.4, -0.2) is 60.3 Å². The fraction of sp³-hybridized carbons (Fsp3) is 0.423. The zero-order valence-electron chi connectivity index (χ0n) is 20.2. The fourth-order valence-corrected chi connectivity index (χ4v) is 5.39. The molecule has 0 saturated carbocycles. The Morgan fingerprint density at radius 1 is 1.11 bits per heavy atom. The largest absolute Gasteiger partial charge is 0.493 e. The first-order valence-corrected chi connectivity index (χ1v) is 12.7. The number of aromatic nitrogens is 1. The van der Waals surface area contributed by atoms with Gasteiger partial charge in [0.25, 0.3) is 5.91 Å². The minimum absolute atomic E-state index is 0.0681. The van der Waals surface area contributed by atoms with Crippen LogP contribution in [0.3, 0.4) is 0 Å². The summed E-state index contributed by atoms with van der Waals surface area (Å²) >= 11 is 1.57. The molecule has 9 heteroatoms. The van der Waals surface area contributed by atoms with Gasteiger partial charge in [-0.05, 0) is 45.0 Å². The molecular weight excluding hydrogens is 464 g/mol. The molecule has 0 aliphatic carbocycles. The maximum Gasteiger partial charge on any atom is 0.410 e. The van der Waals surface area contributed by atoms with Gasteiger partial charge < -0.3 is 24.6 Å². The number of rotatable bonds is 3. The van der Waals surface area contributed by atoms with Gasteiger partial charge in [-0.25, -0.2) is 9.78 Å². The van der Waals surface area contributed by atoms with E-state index in [1.165, 1.54) is 0 Å². The van der Waals surface area contributed by atoms with E-state index < -0.39 is 5.60 Å². The van der Waals surface area contributed by atoms with Crippen LogP contribution in [-0.2, 0) is 4.74 Å². The van der Waals surface area contributed by atoms with Gasteiger partial charge >= 0.3 is 6.09 Å². The zero-order chi connectivity index (χ0) is 24.6. The Labute approximate surface area is 208 Å². The topological polar surface area (TPSA) is 84.0 Å². The second kappa shape index (κ2) is 9.37. The number of nitrogens with one attached hydrogen (secondary N) is 1. The predicted molar refractivity (Wildman–Crippen MR) is 136 cm³/mol. The van der Waals surface area contributed by atoms with Gasteiger partial charge in [-0.2, -0.15) is 0 Å². The van der Waals surface area contributed by atoms with E-state index in [1.54, 1.807) is 16.2 Å². The van der Waals surface area contributed by atoms with E-state index in [9.17, 15) is 9.59 Å². The van der Waals surface area contributed by atoms with Crippen LogP contribution in [0, 0.1) is 0 Å². The Morgan fingerprint density at radius 3 is 2.66 bits per heavy atom. The lowest BCUT2D eigenvalue weighted by Gasteiger charge is -2.35. The van der Waals surface area contributed by atoms with E-state index in [1.807, 2.05) is 63.2 Å². The van der Waals surface area contributed by atoms with Crippen LogP contribution < -0.4 is 15.0 Å². The maximum atomic E-state index is 13.0. The van der Waals surface area contributed by atoms with Gasteiger partial charge in [0.15, 0.2) is 5.13 Å². The Hall–Kier alpha value is -3.33. The summed E-state index contributed by atoms with van der Waals surface area (Å²) < 4.78 is 12.2. The van der Waals surface area contributed by atoms with E-state index in [2.05, 4.69) is 10.2 Å². The fourth-order valence-electron chi connectivity index (χ4n) is 4.33. The molecule has 35 heavy (non-hydrogen) atoms. The van der Waals surface area contributed by atoms with Crippen molar-refractivity contribution in [2.24, 2.45) is 0 Å². The standard InChI is InChI=1S/C26H30N4O4S/c1-26(2,3)34-25(32)30-13-11-29(12-14-30)24-28-20-9-8-17(16-22(20)35-24)23(31)27-19-10-15-33-21-7-5-4-6-18(19)21/h4-9,16,19H,10-15H2,1-3H3,(H,27,31). The first kappa shape index (κ1) is 23.4. The normalized spacial score (nSPS) is 18.1. The van der Waals surface area contributed by atoms with Crippen molar-refractivity contribution >= 4 is 38.7 Å². The number of ether oxygens (including phenoxy) is 2. The Balaban J connectivity index is 1.25. The molecule has 1 N–H and O–H groups in total. The highest BCUT2D eigenvalue weighted by molar-refractivity contribution is 7.22. The van der Waals surface area contributed by atoms with Gasteiger partial charge in [0.2, 0.25) is 0 Å². The SMILES string of the molecule is CC(C)(C)OC(=O)N1CCN(c2nc3ccc(C(=O)NC4CCOc5ccccc54)cc3s2)CC1. The van der Waals surface area contributed by atoms with Crippen molar-refractivity contribution in [3.05, 3.63) is 53.6 Å². The van der Waals surface area contributed by atoms with Gasteiger partial charge in [0.1, 0.15) is 11.4 Å². The molecule has 184 valence electrons. The zero-order valence-corrected chi connectivity index (χ0v) is 21.1. The Morgan fingerprint density at radius 2 is 1.89 bits per heavy atom. The van der Waals surface area contributed by atoms with Crippen LogP contribution in [0.4, 0.5) is 9.93 Å². The summed E-state index contributed by atoms with van der Waals surface area (Å²) in [6.07, 6.45) is 0.467. The molecule has 1 atom stereocenters. The van der Waals surface area contributed by atoms with Crippen molar-refractivity contribution in [3.63, 3.8) is 0 Å². The summed E-state index contributed by atoms with van der Waals surface area (Å²) in [5.41, 5.74) is 2.00. The van der Waals surface area contributed by atoms with E-state index in [0.717, 1.165) is 33.1 Å².